The molecule has 17 heavy (non-hydrogen) atoms. The van der Waals surface area contributed by atoms with Gasteiger partial charge < -0.3 is 5.32 Å². The van der Waals surface area contributed by atoms with Crippen molar-refractivity contribution in [2.75, 3.05) is 12.3 Å². The van der Waals surface area contributed by atoms with Crippen LogP contribution in [0.4, 0.5) is 4.39 Å². The quantitative estimate of drug-likeness (QED) is 0.808. The number of nitrogens with one attached hydrogen (secondary N) is 1. The number of hydrogen-bond acceptors (Lipinski definition) is 2. The van der Waals surface area contributed by atoms with Gasteiger partial charge in [-0.25, -0.2) is 4.39 Å². The molecule has 0 radical (unpaired) electrons. The molecule has 0 heterocycles. The summed E-state index contributed by atoms with van der Waals surface area (Å²) in [5, 5.41) is 3.04. The van der Waals surface area contributed by atoms with Gasteiger partial charge in [0.05, 0.1) is 5.75 Å². The second kappa shape index (κ2) is 7.35. The van der Waals surface area contributed by atoms with Crippen molar-refractivity contribution in [3.63, 3.8) is 0 Å². The summed E-state index contributed by atoms with van der Waals surface area (Å²) in [4.78, 5) is 11.3. The molecule has 0 aliphatic rings. The van der Waals surface area contributed by atoms with E-state index in [1.54, 1.807) is 18.2 Å². The Bertz CT molecular complexity index is 391. The molecule has 0 saturated carbocycles. The second-order valence-corrected chi connectivity index (χ2v) is 4.68. The normalized spacial score (nSPS) is 10.0. The fourth-order valence-electron chi connectivity index (χ4n) is 1.15. The standard InChI is InChI=1S/C12H13ClFNOS/c1-2-6-15-12(16)8-17-7-9-10(13)4-3-5-11(9)14/h2-5H,1,6-8H2,(H,15,16). The number of rotatable bonds is 6. The molecule has 1 rings (SSSR count). The van der Waals surface area contributed by atoms with Crippen LogP contribution in [-0.4, -0.2) is 18.2 Å². The van der Waals surface area contributed by atoms with Gasteiger partial charge in [0.15, 0.2) is 0 Å². The molecule has 0 aliphatic heterocycles. The third kappa shape index (κ3) is 4.79. The number of carbonyl (C=O) groups is 1. The lowest BCUT2D eigenvalue weighted by atomic mass is 10.2. The first kappa shape index (κ1) is 14.1. The van der Waals surface area contributed by atoms with Crippen LogP contribution < -0.4 is 5.32 Å². The lowest BCUT2D eigenvalue weighted by Gasteiger charge is -2.05. The summed E-state index contributed by atoms with van der Waals surface area (Å²) in [6, 6.07) is 4.56. The van der Waals surface area contributed by atoms with Gasteiger partial charge in [-0.1, -0.05) is 23.7 Å². The Morgan fingerprint density at radius 2 is 2.35 bits per heavy atom. The number of amides is 1. The van der Waals surface area contributed by atoms with Crippen LogP contribution >= 0.6 is 23.4 Å². The van der Waals surface area contributed by atoms with Crippen LogP contribution in [0.3, 0.4) is 0 Å². The molecule has 1 amide bonds. The summed E-state index contributed by atoms with van der Waals surface area (Å²) in [5.41, 5.74) is 0.440. The molecular weight excluding hydrogens is 261 g/mol. The summed E-state index contributed by atoms with van der Waals surface area (Å²) in [5.74, 6) is 0.227. The molecule has 2 nitrogen and oxygen atoms in total. The van der Waals surface area contributed by atoms with E-state index in [1.807, 2.05) is 0 Å². The van der Waals surface area contributed by atoms with E-state index in [0.29, 0.717) is 22.9 Å². The number of hydrogen-bond donors (Lipinski definition) is 1. The van der Waals surface area contributed by atoms with Crippen molar-refractivity contribution in [2.45, 2.75) is 5.75 Å². The Balaban J connectivity index is 2.40. The first-order valence-electron chi connectivity index (χ1n) is 5.03. The number of thioether (sulfide) groups is 1. The molecule has 0 fully saturated rings. The lowest BCUT2D eigenvalue weighted by Crippen LogP contribution is -2.25. The summed E-state index contributed by atoms with van der Waals surface area (Å²) >= 11 is 7.18. The average Bonchev–Trinajstić information content (AvgIpc) is 2.30. The van der Waals surface area contributed by atoms with Crippen LogP contribution in [0.2, 0.25) is 5.02 Å². The van der Waals surface area contributed by atoms with Crippen molar-refractivity contribution < 1.29 is 9.18 Å². The SMILES string of the molecule is C=CCNC(=O)CSCc1c(F)cccc1Cl. The predicted octanol–water partition coefficient (Wildman–Crippen LogP) is 3.01. The maximum Gasteiger partial charge on any atom is 0.230 e. The zero-order valence-corrected chi connectivity index (χ0v) is 10.8. The van der Waals surface area contributed by atoms with E-state index in [0.717, 1.165) is 0 Å². The smallest absolute Gasteiger partial charge is 0.230 e. The lowest BCUT2D eigenvalue weighted by molar-refractivity contribution is -0.118. The van der Waals surface area contributed by atoms with Gasteiger partial charge in [-0.15, -0.1) is 18.3 Å². The Kier molecular flexibility index (Phi) is 6.08. The van der Waals surface area contributed by atoms with Crippen LogP contribution in [0.1, 0.15) is 5.56 Å². The van der Waals surface area contributed by atoms with Crippen molar-refractivity contribution in [3.05, 3.63) is 47.3 Å². The van der Waals surface area contributed by atoms with Gasteiger partial charge >= 0.3 is 0 Å². The summed E-state index contributed by atoms with van der Waals surface area (Å²) in [7, 11) is 0. The minimum atomic E-state index is -0.337. The molecule has 0 spiro atoms. The Hall–Kier alpha value is -1.00. The predicted molar refractivity (Wildman–Crippen MR) is 70.8 cm³/mol. The van der Waals surface area contributed by atoms with Crippen molar-refractivity contribution >= 4 is 29.3 Å². The van der Waals surface area contributed by atoms with E-state index in [9.17, 15) is 9.18 Å². The first-order chi connectivity index (χ1) is 8.15. The van der Waals surface area contributed by atoms with Crippen molar-refractivity contribution in [3.8, 4) is 0 Å². The first-order valence-corrected chi connectivity index (χ1v) is 6.56. The van der Waals surface area contributed by atoms with Gasteiger partial charge in [0.1, 0.15) is 5.82 Å². The molecular formula is C12H13ClFNOS. The number of carbonyl (C=O) groups excluding carboxylic acids is 1. The summed E-state index contributed by atoms with van der Waals surface area (Å²) < 4.78 is 13.4. The van der Waals surface area contributed by atoms with Gasteiger partial charge in [0.2, 0.25) is 5.91 Å². The van der Waals surface area contributed by atoms with E-state index in [4.69, 9.17) is 11.6 Å². The zero-order chi connectivity index (χ0) is 12.7. The van der Waals surface area contributed by atoms with Gasteiger partial charge in [-0.05, 0) is 12.1 Å². The minimum Gasteiger partial charge on any atom is -0.352 e. The van der Waals surface area contributed by atoms with E-state index >= 15 is 0 Å². The molecule has 0 unspecified atom stereocenters. The van der Waals surface area contributed by atoms with E-state index < -0.39 is 0 Å². The van der Waals surface area contributed by atoms with E-state index in [2.05, 4.69) is 11.9 Å². The topological polar surface area (TPSA) is 29.1 Å². The minimum absolute atomic E-state index is 0.0950. The van der Waals surface area contributed by atoms with Gasteiger partial charge in [-0.3, -0.25) is 4.79 Å². The highest BCUT2D eigenvalue weighted by Gasteiger charge is 2.08. The molecule has 0 bridgehead atoms. The van der Waals surface area contributed by atoms with Crippen LogP contribution in [0.15, 0.2) is 30.9 Å². The third-order valence-corrected chi connectivity index (χ3v) is 3.30. The number of halogens is 2. The fraction of sp³-hybridized carbons (Fsp3) is 0.250. The molecule has 0 saturated heterocycles. The van der Waals surface area contributed by atoms with E-state index in [1.165, 1.54) is 17.8 Å². The zero-order valence-electron chi connectivity index (χ0n) is 9.21. The molecule has 1 aromatic rings. The highest BCUT2D eigenvalue weighted by atomic mass is 35.5. The van der Waals surface area contributed by atoms with Crippen LogP contribution in [0.25, 0.3) is 0 Å². The fourth-order valence-corrected chi connectivity index (χ4v) is 2.35. The highest BCUT2D eigenvalue weighted by molar-refractivity contribution is 7.99. The Morgan fingerprint density at radius 1 is 1.59 bits per heavy atom. The molecule has 1 N–H and O–H groups in total. The highest BCUT2D eigenvalue weighted by Crippen LogP contribution is 2.23. The van der Waals surface area contributed by atoms with Crippen LogP contribution in [-0.2, 0) is 10.5 Å². The van der Waals surface area contributed by atoms with Gasteiger partial charge in [0, 0.05) is 22.9 Å². The maximum atomic E-state index is 13.4. The molecule has 0 atom stereocenters. The van der Waals surface area contributed by atoms with Gasteiger partial charge in [0.25, 0.3) is 0 Å². The Labute approximate surface area is 109 Å². The van der Waals surface area contributed by atoms with E-state index in [-0.39, 0.29) is 17.5 Å². The van der Waals surface area contributed by atoms with Crippen molar-refractivity contribution in [2.24, 2.45) is 0 Å². The largest absolute Gasteiger partial charge is 0.352 e. The molecule has 1 aromatic carbocycles. The third-order valence-electron chi connectivity index (χ3n) is 1.98. The van der Waals surface area contributed by atoms with Crippen LogP contribution in [0.5, 0.6) is 0 Å². The molecule has 92 valence electrons. The molecule has 0 aliphatic carbocycles. The maximum absolute atomic E-state index is 13.4. The second-order valence-electron chi connectivity index (χ2n) is 3.29. The van der Waals surface area contributed by atoms with Crippen molar-refractivity contribution in [1.29, 1.82) is 0 Å². The number of benzene rings is 1. The van der Waals surface area contributed by atoms with Crippen molar-refractivity contribution in [1.82, 2.24) is 5.32 Å². The monoisotopic (exact) mass is 273 g/mol. The summed E-state index contributed by atoms with van der Waals surface area (Å²) in [6.45, 7) is 3.94. The average molecular weight is 274 g/mol. The molecule has 5 heteroatoms. The van der Waals surface area contributed by atoms with Crippen LogP contribution in [0, 0.1) is 5.82 Å². The summed E-state index contributed by atoms with van der Waals surface area (Å²) in [6.07, 6.45) is 1.61. The molecule has 0 aromatic heterocycles. The van der Waals surface area contributed by atoms with Gasteiger partial charge in [-0.2, -0.15) is 0 Å². The Morgan fingerprint density at radius 3 is 3.00 bits per heavy atom.